The summed E-state index contributed by atoms with van der Waals surface area (Å²) in [6.07, 6.45) is 2.32. The van der Waals surface area contributed by atoms with Crippen LogP contribution < -0.4 is 0 Å². The zero-order valence-electron chi connectivity index (χ0n) is 7.50. The van der Waals surface area contributed by atoms with Gasteiger partial charge in [-0.1, -0.05) is 23.7 Å². The summed E-state index contributed by atoms with van der Waals surface area (Å²) < 4.78 is 5.33. The van der Waals surface area contributed by atoms with E-state index >= 15 is 0 Å². The average Bonchev–Trinajstić information content (AvgIpc) is 2.62. The Bertz CT molecular complexity index is 262. The van der Waals surface area contributed by atoms with Crippen LogP contribution in [0.25, 0.3) is 0 Å². The Balaban J connectivity index is 1.97. The third kappa shape index (κ3) is 2.45. The van der Waals surface area contributed by atoms with Crippen LogP contribution in [0, 0.1) is 5.92 Å². The first-order valence-electron chi connectivity index (χ1n) is 4.67. The second-order valence-corrected chi connectivity index (χ2v) is 4.00. The van der Waals surface area contributed by atoms with Crippen LogP contribution in [0.4, 0.5) is 0 Å². The standard InChI is InChI=1S/C11H13ClO/c12-11-3-1-9(2-4-11)7-10-5-6-13-8-10/h1-4,10H,5-8H2/t10-/m1/s1. The number of benzene rings is 1. The molecule has 1 aliphatic heterocycles. The third-order valence-corrected chi connectivity index (χ3v) is 2.71. The average molecular weight is 197 g/mol. The molecule has 1 aliphatic rings. The van der Waals surface area contributed by atoms with Crippen molar-refractivity contribution in [2.45, 2.75) is 12.8 Å². The highest BCUT2D eigenvalue weighted by atomic mass is 35.5. The number of hydrogen-bond donors (Lipinski definition) is 0. The van der Waals surface area contributed by atoms with Gasteiger partial charge in [0.05, 0.1) is 0 Å². The lowest BCUT2D eigenvalue weighted by atomic mass is 9.99. The normalized spacial score (nSPS) is 22.1. The Labute approximate surface area is 83.7 Å². The molecule has 1 nitrogen and oxygen atoms in total. The topological polar surface area (TPSA) is 9.23 Å². The minimum absolute atomic E-state index is 0.709. The molecule has 0 bridgehead atoms. The smallest absolute Gasteiger partial charge is 0.0498 e. The van der Waals surface area contributed by atoms with E-state index in [1.165, 1.54) is 12.0 Å². The molecule has 1 heterocycles. The molecule has 0 radical (unpaired) electrons. The maximum Gasteiger partial charge on any atom is 0.0498 e. The van der Waals surface area contributed by atoms with Gasteiger partial charge in [-0.3, -0.25) is 0 Å². The molecule has 13 heavy (non-hydrogen) atoms. The molecule has 0 aliphatic carbocycles. The van der Waals surface area contributed by atoms with Crippen molar-refractivity contribution in [3.8, 4) is 0 Å². The highest BCUT2D eigenvalue weighted by Gasteiger charge is 2.15. The Morgan fingerprint density at radius 1 is 1.31 bits per heavy atom. The molecule has 0 amide bonds. The fourth-order valence-electron chi connectivity index (χ4n) is 1.70. The Kier molecular flexibility index (Phi) is 2.87. The molecule has 70 valence electrons. The molecule has 0 unspecified atom stereocenters. The van der Waals surface area contributed by atoms with E-state index in [1.54, 1.807) is 0 Å². The van der Waals surface area contributed by atoms with Crippen molar-refractivity contribution in [1.82, 2.24) is 0 Å². The predicted octanol–water partition coefficient (Wildman–Crippen LogP) is 2.92. The first kappa shape index (κ1) is 9.04. The number of hydrogen-bond acceptors (Lipinski definition) is 1. The molecule has 2 rings (SSSR count). The molecule has 0 aromatic heterocycles. The lowest BCUT2D eigenvalue weighted by molar-refractivity contribution is 0.186. The minimum atomic E-state index is 0.709. The first-order valence-corrected chi connectivity index (χ1v) is 5.04. The summed E-state index contributed by atoms with van der Waals surface area (Å²) in [5.41, 5.74) is 1.36. The van der Waals surface area contributed by atoms with Gasteiger partial charge in [0.25, 0.3) is 0 Å². The molecule has 0 saturated carbocycles. The van der Waals surface area contributed by atoms with Crippen molar-refractivity contribution in [1.29, 1.82) is 0 Å². The van der Waals surface area contributed by atoms with Crippen molar-refractivity contribution in [3.63, 3.8) is 0 Å². The molecule has 1 aromatic rings. The highest BCUT2D eigenvalue weighted by Crippen LogP contribution is 2.19. The van der Waals surface area contributed by atoms with Gasteiger partial charge in [0.2, 0.25) is 0 Å². The first-order chi connectivity index (χ1) is 6.34. The van der Waals surface area contributed by atoms with E-state index in [0.29, 0.717) is 5.92 Å². The fourth-order valence-corrected chi connectivity index (χ4v) is 1.82. The molecule has 2 heteroatoms. The monoisotopic (exact) mass is 196 g/mol. The van der Waals surface area contributed by atoms with Crippen LogP contribution in [-0.4, -0.2) is 13.2 Å². The zero-order valence-corrected chi connectivity index (χ0v) is 8.26. The van der Waals surface area contributed by atoms with E-state index in [-0.39, 0.29) is 0 Å². The molecular formula is C11H13ClO. The van der Waals surface area contributed by atoms with Crippen LogP contribution in [0.2, 0.25) is 5.02 Å². The van der Waals surface area contributed by atoms with Crippen LogP contribution in [0.15, 0.2) is 24.3 Å². The van der Waals surface area contributed by atoms with E-state index < -0.39 is 0 Å². The summed E-state index contributed by atoms with van der Waals surface area (Å²) in [5, 5.41) is 0.812. The van der Waals surface area contributed by atoms with Crippen molar-refractivity contribution < 1.29 is 4.74 Å². The largest absolute Gasteiger partial charge is 0.381 e. The van der Waals surface area contributed by atoms with Gasteiger partial charge >= 0.3 is 0 Å². The molecule has 0 spiro atoms. The van der Waals surface area contributed by atoms with Gasteiger partial charge in [-0.15, -0.1) is 0 Å². The summed E-state index contributed by atoms with van der Waals surface area (Å²) in [6.45, 7) is 1.85. The molecule has 1 saturated heterocycles. The lowest BCUT2D eigenvalue weighted by Gasteiger charge is -2.06. The molecule has 1 atom stereocenters. The Morgan fingerprint density at radius 2 is 2.08 bits per heavy atom. The van der Waals surface area contributed by atoms with E-state index in [4.69, 9.17) is 16.3 Å². The number of halogens is 1. The molecule has 0 N–H and O–H groups in total. The van der Waals surface area contributed by atoms with Crippen LogP contribution in [-0.2, 0) is 11.2 Å². The van der Waals surface area contributed by atoms with Gasteiger partial charge < -0.3 is 4.74 Å². The van der Waals surface area contributed by atoms with Gasteiger partial charge in [0, 0.05) is 18.2 Å². The van der Waals surface area contributed by atoms with Crippen molar-refractivity contribution >= 4 is 11.6 Å². The summed E-state index contributed by atoms with van der Waals surface area (Å²) >= 11 is 5.80. The van der Waals surface area contributed by atoms with Crippen LogP contribution in [0.3, 0.4) is 0 Å². The maximum atomic E-state index is 5.80. The Morgan fingerprint density at radius 3 is 2.69 bits per heavy atom. The van der Waals surface area contributed by atoms with Crippen molar-refractivity contribution in [3.05, 3.63) is 34.9 Å². The second-order valence-electron chi connectivity index (χ2n) is 3.56. The zero-order chi connectivity index (χ0) is 9.10. The highest BCUT2D eigenvalue weighted by molar-refractivity contribution is 6.30. The van der Waals surface area contributed by atoms with Gasteiger partial charge in [0.15, 0.2) is 0 Å². The summed E-state index contributed by atoms with van der Waals surface area (Å²) in [7, 11) is 0. The van der Waals surface area contributed by atoms with Crippen molar-refractivity contribution in [2.24, 2.45) is 5.92 Å². The second kappa shape index (κ2) is 4.12. The van der Waals surface area contributed by atoms with Crippen molar-refractivity contribution in [2.75, 3.05) is 13.2 Å². The summed E-state index contributed by atoms with van der Waals surface area (Å²) in [6, 6.07) is 8.10. The van der Waals surface area contributed by atoms with E-state index in [2.05, 4.69) is 12.1 Å². The van der Waals surface area contributed by atoms with Gasteiger partial charge in [-0.05, 0) is 36.5 Å². The number of ether oxygens (including phenoxy) is 1. The van der Waals surface area contributed by atoms with E-state index in [1.807, 2.05) is 12.1 Å². The SMILES string of the molecule is Clc1ccc(C[C@H]2CCOC2)cc1. The quantitative estimate of drug-likeness (QED) is 0.707. The minimum Gasteiger partial charge on any atom is -0.381 e. The summed E-state index contributed by atoms with van der Waals surface area (Å²) in [4.78, 5) is 0. The van der Waals surface area contributed by atoms with E-state index in [0.717, 1.165) is 24.7 Å². The van der Waals surface area contributed by atoms with Gasteiger partial charge in [-0.25, -0.2) is 0 Å². The van der Waals surface area contributed by atoms with E-state index in [9.17, 15) is 0 Å². The predicted molar refractivity (Wildman–Crippen MR) is 54.1 cm³/mol. The van der Waals surface area contributed by atoms with Crippen LogP contribution in [0.1, 0.15) is 12.0 Å². The van der Waals surface area contributed by atoms with Crippen LogP contribution in [0.5, 0.6) is 0 Å². The van der Waals surface area contributed by atoms with Crippen LogP contribution >= 0.6 is 11.6 Å². The molecular weight excluding hydrogens is 184 g/mol. The van der Waals surface area contributed by atoms with Gasteiger partial charge in [0.1, 0.15) is 0 Å². The number of rotatable bonds is 2. The lowest BCUT2D eigenvalue weighted by Crippen LogP contribution is -2.03. The molecule has 1 fully saturated rings. The molecule has 1 aromatic carbocycles. The van der Waals surface area contributed by atoms with Gasteiger partial charge in [-0.2, -0.15) is 0 Å². The Hall–Kier alpha value is -0.530. The maximum absolute atomic E-state index is 5.80. The summed E-state index contributed by atoms with van der Waals surface area (Å²) in [5.74, 6) is 0.709. The fraction of sp³-hybridized carbons (Fsp3) is 0.455. The third-order valence-electron chi connectivity index (χ3n) is 2.46.